The van der Waals surface area contributed by atoms with E-state index in [1.807, 2.05) is 4.90 Å². The Bertz CT molecular complexity index is 437. The van der Waals surface area contributed by atoms with Gasteiger partial charge in [0.15, 0.2) is 0 Å². The van der Waals surface area contributed by atoms with Crippen LogP contribution >= 0.6 is 0 Å². The molecule has 6 nitrogen and oxygen atoms in total. The van der Waals surface area contributed by atoms with Gasteiger partial charge in [-0.2, -0.15) is 0 Å². The van der Waals surface area contributed by atoms with Gasteiger partial charge in [0.1, 0.15) is 6.61 Å². The van der Waals surface area contributed by atoms with Gasteiger partial charge in [-0.05, 0) is 44.9 Å². The van der Waals surface area contributed by atoms with E-state index in [-0.39, 0.29) is 30.6 Å². The normalized spacial score (nSPS) is 25.9. The summed E-state index contributed by atoms with van der Waals surface area (Å²) in [6, 6.07) is 0.162. The van der Waals surface area contributed by atoms with Crippen LogP contribution in [0.2, 0.25) is 0 Å². The molecule has 2 saturated heterocycles. The highest BCUT2D eigenvalue weighted by Crippen LogP contribution is 2.27. The fourth-order valence-corrected chi connectivity index (χ4v) is 4.17. The van der Waals surface area contributed by atoms with Crippen LogP contribution in [-0.4, -0.2) is 61.8 Å². The van der Waals surface area contributed by atoms with Gasteiger partial charge in [0.25, 0.3) is 0 Å². The zero-order valence-electron chi connectivity index (χ0n) is 15.2. The molecular weight excluding hydrogens is 320 g/mol. The van der Waals surface area contributed by atoms with Crippen molar-refractivity contribution in [3.8, 4) is 0 Å². The van der Waals surface area contributed by atoms with E-state index in [1.54, 1.807) is 0 Å². The van der Waals surface area contributed by atoms with Crippen LogP contribution in [0.1, 0.15) is 57.8 Å². The summed E-state index contributed by atoms with van der Waals surface area (Å²) in [5.41, 5.74) is 0. The molecule has 142 valence electrons. The Balaban J connectivity index is 1.28. The molecule has 1 saturated carbocycles. The van der Waals surface area contributed by atoms with Gasteiger partial charge in [-0.25, -0.2) is 0 Å². The van der Waals surface area contributed by atoms with Crippen molar-refractivity contribution in [2.24, 2.45) is 5.92 Å². The molecule has 0 spiro atoms. The molecule has 0 radical (unpaired) electrons. The second-order valence-corrected chi connectivity index (χ2v) is 7.65. The van der Waals surface area contributed by atoms with Crippen molar-refractivity contribution in [1.29, 1.82) is 0 Å². The summed E-state index contributed by atoms with van der Waals surface area (Å²) in [7, 11) is 0. The van der Waals surface area contributed by atoms with Crippen LogP contribution in [0.4, 0.5) is 0 Å². The van der Waals surface area contributed by atoms with Crippen LogP contribution in [0, 0.1) is 5.92 Å². The minimum Gasteiger partial charge on any atom is -0.376 e. The van der Waals surface area contributed by atoms with Crippen molar-refractivity contribution < 1.29 is 19.1 Å². The Morgan fingerprint density at radius 1 is 1.00 bits per heavy atom. The molecule has 1 aliphatic carbocycles. The molecule has 2 amide bonds. The Morgan fingerprint density at radius 3 is 2.40 bits per heavy atom. The number of likely N-dealkylation sites (tertiary alicyclic amines) is 1. The Morgan fingerprint density at radius 2 is 1.72 bits per heavy atom. The number of piperidine rings is 1. The zero-order valence-corrected chi connectivity index (χ0v) is 15.2. The summed E-state index contributed by atoms with van der Waals surface area (Å²) in [6.07, 6.45) is 9.64. The van der Waals surface area contributed by atoms with Crippen LogP contribution in [0.25, 0.3) is 0 Å². The lowest BCUT2D eigenvalue weighted by Gasteiger charge is -2.34. The van der Waals surface area contributed by atoms with E-state index in [9.17, 15) is 9.59 Å². The van der Waals surface area contributed by atoms with Crippen molar-refractivity contribution in [2.45, 2.75) is 69.9 Å². The van der Waals surface area contributed by atoms with Gasteiger partial charge in [-0.15, -0.1) is 0 Å². The first kappa shape index (κ1) is 18.6. The molecule has 3 aliphatic rings. The van der Waals surface area contributed by atoms with Crippen LogP contribution in [0.5, 0.6) is 0 Å². The number of amides is 2. The smallest absolute Gasteiger partial charge is 0.246 e. The monoisotopic (exact) mass is 352 g/mol. The molecule has 6 heteroatoms. The molecule has 0 aromatic heterocycles. The molecule has 2 aliphatic heterocycles. The summed E-state index contributed by atoms with van der Waals surface area (Å²) in [5, 5.41) is 3.04. The van der Waals surface area contributed by atoms with Gasteiger partial charge in [0.2, 0.25) is 11.8 Å². The highest BCUT2D eigenvalue weighted by molar-refractivity contribution is 5.79. The summed E-state index contributed by atoms with van der Waals surface area (Å²) in [6.45, 7) is 2.93. The van der Waals surface area contributed by atoms with Crippen molar-refractivity contribution in [1.82, 2.24) is 10.2 Å². The lowest BCUT2D eigenvalue weighted by molar-refractivity contribution is -0.136. The minimum atomic E-state index is -0.0589. The molecule has 2 heterocycles. The lowest BCUT2D eigenvalue weighted by atomic mass is 10.0. The number of hydrogen-bond acceptors (Lipinski definition) is 4. The van der Waals surface area contributed by atoms with Crippen LogP contribution in [0.15, 0.2) is 0 Å². The van der Waals surface area contributed by atoms with Crippen molar-refractivity contribution in [3.63, 3.8) is 0 Å². The standard InChI is InChI=1S/C19H32N2O4/c22-18(14-24-13-17-7-3-4-12-25-17)20-16-8-10-21(11-9-16)19(23)15-5-1-2-6-15/h15-17H,1-14H2,(H,20,22)/t17-/m1/s1. The Kier molecular flexibility index (Phi) is 7.11. The van der Waals surface area contributed by atoms with Crippen LogP contribution in [-0.2, 0) is 19.1 Å². The average molecular weight is 352 g/mol. The maximum Gasteiger partial charge on any atom is 0.246 e. The molecule has 25 heavy (non-hydrogen) atoms. The van der Waals surface area contributed by atoms with Crippen molar-refractivity contribution in [2.75, 3.05) is 32.9 Å². The molecule has 0 unspecified atom stereocenters. The lowest BCUT2D eigenvalue weighted by Crippen LogP contribution is -2.48. The van der Waals surface area contributed by atoms with E-state index in [2.05, 4.69) is 5.32 Å². The average Bonchev–Trinajstić information content (AvgIpc) is 3.17. The predicted octanol–water partition coefficient (Wildman–Crippen LogP) is 1.87. The number of nitrogens with zero attached hydrogens (tertiary/aromatic N) is 1. The third kappa shape index (κ3) is 5.68. The van der Waals surface area contributed by atoms with E-state index < -0.39 is 0 Å². The van der Waals surface area contributed by atoms with Crippen molar-refractivity contribution in [3.05, 3.63) is 0 Å². The van der Waals surface area contributed by atoms with Crippen LogP contribution in [0.3, 0.4) is 0 Å². The number of hydrogen-bond donors (Lipinski definition) is 1. The largest absolute Gasteiger partial charge is 0.376 e. The third-order valence-electron chi connectivity index (χ3n) is 5.69. The van der Waals surface area contributed by atoms with E-state index in [4.69, 9.17) is 9.47 Å². The number of rotatable bonds is 6. The first-order chi connectivity index (χ1) is 12.2. The molecular formula is C19H32N2O4. The van der Waals surface area contributed by atoms with E-state index in [0.29, 0.717) is 12.5 Å². The molecule has 3 fully saturated rings. The molecule has 3 rings (SSSR count). The zero-order chi connectivity index (χ0) is 17.5. The molecule has 0 bridgehead atoms. The van der Waals surface area contributed by atoms with E-state index in [1.165, 1.54) is 19.3 Å². The first-order valence-electron chi connectivity index (χ1n) is 10.00. The number of ether oxygens (including phenoxy) is 2. The highest BCUT2D eigenvalue weighted by atomic mass is 16.5. The molecule has 1 atom stereocenters. The first-order valence-corrected chi connectivity index (χ1v) is 10.00. The predicted molar refractivity (Wildman–Crippen MR) is 94.1 cm³/mol. The fourth-order valence-electron chi connectivity index (χ4n) is 4.17. The third-order valence-corrected chi connectivity index (χ3v) is 5.69. The second-order valence-electron chi connectivity index (χ2n) is 7.65. The SMILES string of the molecule is O=C(COC[C@H]1CCCCO1)NC1CCN(C(=O)C2CCCC2)CC1. The van der Waals surface area contributed by atoms with Gasteiger partial charge in [-0.1, -0.05) is 12.8 Å². The molecule has 0 aromatic carbocycles. The summed E-state index contributed by atoms with van der Waals surface area (Å²) >= 11 is 0. The number of nitrogens with one attached hydrogen (secondary N) is 1. The van der Waals surface area contributed by atoms with Crippen LogP contribution < -0.4 is 5.32 Å². The van der Waals surface area contributed by atoms with Gasteiger partial charge in [-0.3, -0.25) is 9.59 Å². The fraction of sp³-hybridized carbons (Fsp3) is 0.895. The summed E-state index contributed by atoms with van der Waals surface area (Å²) in [4.78, 5) is 26.4. The summed E-state index contributed by atoms with van der Waals surface area (Å²) in [5.74, 6) is 0.524. The molecule has 1 N–H and O–H groups in total. The Hall–Kier alpha value is -1.14. The number of carbonyl (C=O) groups excluding carboxylic acids is 2. The Labute approximate surface area is 150 Å². The summed E-state index contributed by atoms with van der Waals surface area (Å²) < 4.78 is 11.1. The van der Waals surface area contributed by atoms with Gasteiger partial charge < -0.3 is 19.7 Å². The minimum absolute atomic E-state index is 0.0589. The quantitative estimate of drug-likeness (QED) is 0.792. The highest BCUT2D eigenvalue weighted by Gasteiger charge is 2.30. The van der Waals surface area contributed by atoms with Gasteiger partial charge >= 0.3 is 0 Å². The molecule has 0 aromatic rings. The maximum absolute atomic E-state index is 12.4. The maximum atomic E-state index is 12.4. The van der Waals surface area contributed by atoms with Gasteiger partial charge in [0.05, 0.1) is 12.7 Å². The van der Waals surface area contributed by atoms with E-state index >= 15 is 0 Å². The van der Waals surface area contributed by atoms with E-state index in [0.717, 1.165) is 58.2 Å². The number of carbonyl (C=O) groups is 2. The second kappa shape index (κ2) is 9.53. The topological polar surface area (TPSA) is 67.9 Å². The van der Waals surface area contributed by atoms with Gasteiger partial charge in [0, 0.05) is 31.7 Å². The van der Waals surface area contributed by atoms with Crippen molar-refractivity contribution >= 4 is 11.8 Å².